The lowest BCUT2D eigenvalue weighted by atomic mass is 10.1. The third-order valence-electron chi connectivity index (χ3n) is 6.60. The Hall–Kier alpha value is -2.98. The number of ether oxygens (including phenoxy) is 1. The first-order valence-corrected chi connectivity index (χ1v) is 15.9. The Morgan fingerprint density at radius 2 is 1.64 bits per heavy atom. The summed E-state index contributed by atoms with van der Waals surface area (Å²) in [6, 6.07) is 14.7. The predicted octanol–water partition coefficient (Wildman–Crippen LogP) is 6.49. The molecule has 2 amide bonds. The van der Waals surface area contributed by atoms with Crippen LogP contribution in [0.15, 0.2) is 65.6 Å². The van der Waals surface area contributed by atoms with Crippen molar-refractivity contribution < 1.29 is 22.7 Å². The van der Waals surface area contributed by atoms with E-state index in [0.29, 0.717) is 34.3 Å². The van der Waals surface area contributed by atoms with Crippen LogP contribution in [0.25, 0.3) is 0 Å². The zero-order valence-corrected chi connectivity index (χ0v) is 26.9. The normalized spacial score (nSPS) is 12.0. The maximum atomic E-state index is 14.1. The lowest BCUT2D eigenvalue weighted by Gasteiger charge is -2.33. The molecular formula is C30H34Cl3N3O5S. The van der Waals surface area contributed by atoms with Crippen LogP contribution < -0.4 is 14.4 Å². The fraction of sp³-hybridized carbons (Fsp3) is 0.333. The van der Waals surface area contributed by atoms with Gasteiger partial charge in [-0.15, -0.1) is 0 Å². The first kappa shape index (κ1) is 33.5. The van der Waals surface area contributed by atoms with Gasteiger partial charge in [0.25, 0.3) is 10.0 Å². The van der Waals surface area contributed by atoms with Gasteiger partial charge in [0.1, 0.15) is 18.3 Å². The lowest BCUT2D eigenvalue weighted by molar-refractivity contribution is -0.140. The molecular weight excluding hydrogens is 621 g/mol. The molecule has 0 heterocycles. The van der Waals surface area contributed by atoms with Gasteiger partial charge in [-0.2, -0.15) is 0 Å². The maximum Gasteiger partial charge on any atom is 0.264 e. The largest absolute Gasteiger partial charge is 0.495 e. The van der Waals surface area contributed by atoms with E-state index in [-0.39, 0.29) is 34.5 Å². The standard InChI is InChI=1S/C30H34Cl3N3O5S/c1-5-15-34-30(38)27(6-2)35(18-21-9-10-22(31)16-25(21)32)29(37)19-36(23-11-14-28(41-4)26(33)17-23)42(39,40)24-12-7-20(3)8-13-24/h7-14,16-17,27H,5-6,15,18-19H2,1-4H3,(H,34,38). The molecule has 3 aromatic carbocycles. The molecule has 1 atom stereocenters. The summed E-state index contributed by atoms with van der Waals surface area (Å²) in [5.74, 6) is -0.613. The van der Waals surface area contributed by atoms with Crippen LogP contribution >= 0.6 is 34.8 Å². The zero-order chi connectivity index (χ0) is 31.0. The Kier molecular flexibility index (Phi) is 11.9. The molecule has 1 N–H and O–H groups in total. The first-order chi connectivity index (χ1) is 19.9. The zero-order valence-electron chi connectivity index (χ0n) is 23.9. The SMILES string of the molecule is CCCNC(=O)C(CC)N(Cc1ccc(Cl)cc1Cl)C(=O)CN(c1ccc(OC)c(Cl)c1)S(=O)(=O)c1ccc(C)cc1. The van der Waals surface area contributed by atoms with E-state index in [1.54, 1.807) is 37.3 Å². The average Bonchev–Trinajstić information content (AvgIpc) is 2.95. The summed E-state index contributed by atoms with van der Waals surface area (Å²) in [6.07, 6.45) is 0.992. The van der Waals surface area contributed by atoms with Gasteiger partial charge in [-0.05, 0) is 67.8 Å². The van der Waals surface area contributed by atoms with Crippen molar-refractivity contribution in [1.82, 2.24) is 10.2 Å². The summed E-state index contributed by atoms with van der Waals surface area (Å²) in [6.45, 7) is 5.32. The Morgan fingerprint density at radius 3 is 2.21 bits per heavy atom. The van der Waals surface area contributed by atoms with Crippen LogP contribution in [0.4, 0.5) is 5.69 Å². The van der Waals surface area contributed by atoms with Crippen molar-refractivity contribution in [1.29, 1.82) is 0 Å². The van der Waals surface area contributed by atoms with E-state index in [4.69, 9.17) is 39.5 Å². The van der Waals surface area contributed by atoms with Crippen molar-refractivity contribution in [3.8, 4) is 5.75 Å². The van der Waals surface area contributed by atoms with Crippen LogP contribution in [-0.2, 0) is 26.2 Å². The summed E-state index contributed by atoms with van der Waals surface area (Å²) >= 11 is 18.9. The number of methoxy groups -OCH3 is 1. The predicted molar refractivity (Wildman–Crippen MR) is 168 cm³/mol. The highest BCUT2D eigenvalue weighted by Gasteiger charge is 2.34. The number of aryl methyl sites for hydroxylation is 1. The highest BCUT2D eigenvalue weighted by atomic mass is 35.5. The van der Waals surface area contributed by atoms with E-state index in [9.17, 15) is 18.0 Å². The number of anilines is 1. The molecule has 0 bridgehead atoms. The molecule has 226 valence electrons. The van der Waals surface area contributed by atoms with Gasteiger partial charge in [0.2, 0.25) is 11.8 Å². The summed E-state index contributed by atoms with van der Waals surface area (Å²) < 4.78 is 34.2. The van der Waals surface area contributed by atoms with Crippen LogP contribution in [0.5, 0.6) is 5.75 Å². The first-order valence-electron chi connectivity index (χ1n) is 13.4. The van der Waals surface area contributed by atoms with Gasteiger partial charge < -0.3 is 15.0 Å². The minimum Gasteiger partial charge on any atom is -0.495 e. The molecule has 1 unspecified atom stereocenters. The molecule has 0 saturated heterocycles. The molecule has 0 fully saturated rings. The van der Waals surface area contributed by atoms with Gasteiger partial charge in [0.05, 0.1) is 22.7 Å². The number of benzene rings is 3. The van der Waals surface area contributed by atoms with Crippen LogP contribution in [0, 0.1) is 6.92 Å². The summed E-state index contributed by atoms with van der Waals surface area (Å²) in [4.78, 5) is 28.7. The van der Waals surface area contributed by atoms with Gasteiger partial charge >= 0.3 is 0 Å². The van der Waals surface area contributed by atoms with Crippen molar-refractivity contribution in [2.24, 2.45) is 0 Å². The molecule has 0 spiro atoms. The van der Waals surface area contributed by atoms with E-state index in [2.05, 4.69) is 5.32 Å². The highest BCUT2D eigenvalue weighted by Crippen LogP contribution is 2.32. The fourth-order valence-corrected chi connectivity index (χ4v) is 6.42. The monoisotopic (exact) mass is 653 g/mol. The van der Waals surface area contributed by atoms with Crippen molar-refractivity contribution in [3.63, 3.8) is 0 Å². The fourth-order valence-electron chi connectivity index (χ4n) is 4.30. The smallest absolute Gasteiger partial charge is 0.264 e. The molecule has 3 aromatic rings. The molecule has 3 rings (SSSR count). The Morgan fingerprint density at radius 1 is 0.952 bits per heavy atom. The second-order valence-corrected chi connectivity index (χ2v) is 12.7. The molecule has 0 radical (unpaired) electrons. The molecule has 0 aromatic heterocycles. The van der Waals surface area contributed by atoms with Crippen molar-refractivity contribution in [2.45, 2.75) is 51.1 Å². The third-order valence-corrected chi connectivity index (χ3v) is 9.27. The minimum absolute atomic E-state index is 0.00661. The van der Waals surface area contributed by atoms with Gasteiger partial charge in [0, 0.05) is 23.1 Å². The number of rotatable bonds is 13. The van der Waals surface area contributed by atoms with Crippen LogP contribution in [-0.4, -0.2) is 51.4 Å². The molecule has 0 saturated carbocycles. The number of halogens is 3. The number of hydrogen-bond donors (Lipinski definition) is 1. The Labute approximate surface area is 262 Å². The summed E-state index contributed by atoms with van der Waals surface area (Å²) in [5, 5.41) is 3.75. The molecule has 0 aliphatic heterocycles. The van der Waals surface area contributed by atoms with Gasteiger partial charge in [-0.3, -0.25) is 13.9 Å². The van der Waals surface area contributed by atoms with Crippen LogP contribution in [0.2, 0.25) is 15.1 Å². The number of carbonyl (C=O) groups excluding carboxylic acids is 2. The van der Waals surface area contributed by atoms with E-state index in [1.165, 1.54) is 42.3 Å². The van der Waals surface area contributed by atoms with Crippen molar-refractivity contribution >= 4 is 62.3 Å². The maximum absolute atomic E-state index is 14.1. The van der Waals surface area contributed by atoms with Gasteiger partial charge in [-0.25, -0.2) is 8.42 Å². The summed E-state index contributed by atoms with van der Waals surface area (Å²) in [5.41, 5.74) is 1.58. The number of carbonyl (C=O) groups is 2. The number of nitrogens with one attached hydrogen (secondary N) is 1. The Bertz CT molecular complexity index is 1520. The average molecular weight is 655 g/mol. The highest BCUT2D eigenvalue weighted by molar-refractivity contribution is 7.92. The molecule has 0 aliphatic carbocycles. The van der Waals surface area contributed by atoms with E-state index in [0.717, 1.165) is 9.87 Å². The number of nitrogens with zero attached hydrogens (tertiary/aromatic N) is 2. The molecule has 42 heavy (non-hydrogen) atoms. The number of hydrogen-bond acceptors (Lipinski definition) is 5. The van der Waals surface area contributed by atoms with Crippen LogP contribution in [0.1, 0.15) is 37.8 Å². The topological polar surface area (TPSA) is 96.0 Å². The lowest BCUT2D eigenvalue weighted by Crippen LogP contribution is -2.52. The van der Waals surface area contributed by atoms with E-state index >= 15 is 0 Å². The van der Waals surface area contributed by atoms with Gasteiger partial charge in [0.15, 0.2) is 0 Å². The molecule has 0 aliphatic rings. The molecule has 12 heteroatoms. The van der Waals surface area contributed by atoms with Crippen molar-refractivity contribution in [3.05, 3.63) is 86.9 Å². The van der Waals surface area contributed by atoms with Crippen molar-refractivity contribution in [2.75, 3.05) is 24.5 Å². The third kappa shape index (κ3) is 8.10. The van der Waals surface area contributed by atoms with E-state index in [1.807, 2.05) is 13.8 Å². The molecule has 8 nitrogen and oxygen atoms in total. The second-order valence-electron chi connectivity index (χ2n) is 9.62. The summed E-state index contributed by atoms with van der Waals surface area (Å²) in [7, 11) is -2.80. The quantitative estimate of drug-likeness (QED) is 0.227. The number of amides is 2. The Balaban J connectivity index is 2.11. The van der Waals surface area contributed by atoms with Crippen LogP contribution in [0.3, 0.4) is 0 Å². The minimum atomic E-state index is -4.25. The van der Waals surface area contributed by atoms with E-state index < -0.39 is 28.5 Å². The van der Waals surface area contributed by atoms with Gasteiger partial charge in [-0.1, -0.05) is 72.4 Å². The second kappa shape index (κ2) is 15.0. The number of sulfonamides is 1.